The maximum Gasteiger partial charge on any atom is 0.180 e. The maximum atomic E-state index is 4.49. The number of aryl methyl sites for hydroxylation is 1. The second kappa shape index (κ2) is 3.77. The standard InChI is InChI=1S/C12H16N4/c1-10-9-14-12-11(13-5-8-16(10)12)15-6-3-2-4-7-15/h5,8-9H,2-4,6-7H2,1H3. The van der Waals surface area contributed by atoms with E-state index >= 15 is 0 Å². The normalized spacial score (nSPS) is 16.9. The second-order valence-corrected chi connectivity index (χ2v) is 4.39. The summed E-state index contributed by atoms with van der Waals surface area (Å²) in [6.07, 6.45) is 9.62. The van der Waals surface area contributed by atoms with Crippen molar-refractivity contribution in [3.63, 3.8) is 0 Å². The Morgan fingerprint density at radius 3 is 2.75 bits per heavy atom. The molecule has 0 radical (unpaired) electrons. The van der Waals surface area contributed by atoms with Crippen LogP contribution >= 0.6 is 0 Å². The van der Waals surface area contributed by atoms with Crippen LogP contribution in [0.5, 0.6) is 0 Å². The molecule has 2 aromatic heterocycles. The number of fused-ring (bicyclic) bond motifs is 1. The van der Waals surface area contributed by atoms with Crippen molar-refractivity contribution in [3.05, 3.63) is 24.3 Å². The molecule has 2 aromatic rings. The monoisotopic (exact) mass is 216 g/mol. The average molecular weight is 216 g/mol. The first-order valence-corrected chi connectivity index (χ1v) is 5.90. The minimum Gasteiger partial charge on any atom is -0.354 e. The van der Waals surface area contributed by atoms with Crippen LogP contribution in [-0.4, -0.2) is 27.5 Å². The van der Waals surface area contributed by atoms with Gasteiger partial charge in [-0.05, 0) is 26.2 Å². The number of aromatic nitrogens is 3. The van der Waals surface area contributed by atoms with E-state index in [-0.39, 0.29) is 0 Å². The molecule has 3 heterocycles. The topological polar surface area (TPSA) is 33.4 Å². The number of imidazole rings is 1. The van der Waals surface area contributed by atoms with Crippen molar-refractivity contribution >= 4 is 11.5 Å². The van der Waals surface area contributed by atoms with E-state index in [0.29, 0.717) is 0 Å². The Labute approximate surface area is 94.9 Å². The lowest BCUT2D eigenvalue weighted by Crippen LogP contribution is -2.30. The largest absolute Gasteiger partial charge is 0.354 e. The number of hydrogen-bond donors (Lipinski definition) is 0. The lowest BCUT2D eigenvalue weighted by molar-refractivity contribution is 0.573. The van der Waals surface area contributed by atoms with Crippen LogP contribution in [-0.2, 0) is 0 Å². The molecule has 4 heteroatoms. The summed E-state index contributed by atoms with van der Waals surface area (Å²) in [4.78, 5) is 11.3. The molecular weight excluding hydrogens is 200 g/mol. The summed E-state index contributed by atoms with van der Waals surface area (Å²) >= 11 is 0. The van der Waals surface area contributed by atoms with E-state index in [4.69, 9.17) is 0 Å². The van der Waals surface area contributed by atoms with Gasteiger partial charge in [-0.2, -0.15) is 0 Å². The fourth-order valence-corrected chi connectivity index (χ4v) is 2.36. The van der Waals surface area contributed by atoms with Crippen molar-refractivity contribution in [2.45, 2.75) is 26.2 Å². The third-order valence-electron chi connectivity index (χ3n) is 3.25. The molecule has 84 valence electrons. The van der Waals surface area contributed by atoms with Crippen molar-refractivity contribution in [3.8, 4) is 0 Å². The van der Waals surface area contributed by atoms with Crippen LogP contribution in [0.3, 0.4) is 0 Å². The van der Waals surface area contributed by atoms with E-state index in [1.54, 1.807) is 0 Å². The number of hydrogen-bond acceptors (Lipinski definition) is 3. The molecule has 0 unspecified atom stereocenters. The van der Waals surface area contributed by atoms with Gasteiger partial charge in [-0.25, -0.2) is 9.97 Å². The van der Waals surface area contributed by atoms with E-state index in [0.717, 1.165) is 30.2 Å². The van der Waals surface area contributed by atoms with Crippen LogP contribution in [0, 0.1) is 6.92 Å². The highest BCUT2D eigenvalue weighted by molar-refractivity contribution is 5.64. The van der Waals surface area contributed by atoms with E-state index in [9.17, 15) is 0 Å². The van der Waals surface area contributed by atoms with Crippen molar-refractivity contribution < 1.29 is 0 Å². The van der Waals surface area contributed by atoms with Gasteiger partial charge in [0.15, 0.2) is 11.5 Å². The van der Waals surface area contributed by atoms with E-state index < -0.39 is 0 Å². The molecule has 1 aliphatic rings. The van der Waals surface area contributed by atoms with Crippen molar-refractivity contribution in [2.24, 2.45) is 0 Å². The number of rotatable bonds is 1. The summed E-state index contributed by atoms with van der Waals surface area (Å²) in [6, 6.07) is 0. The van der Waals surface area contributed by atoms with E-state index in [2.05, 4.69) is 26.2 Å². The fourth-order valence-electron chi connectivity index (χ4n) is 2.36. The first-order valence-electron chi connectivity index (χ1n) is 5.90. The smallest absolute Gasteiger partial charge is 0.180 e. The van der Waals surface area contributed by atoms with Gasteiger partial charge in [0.1, 0.15) is 0 Å². The molecular formula is C12H16N4. The SMILES string of the molecule is Cc1cnc2c(N3CCCCC3)nccn12. The van der Waals surface area contributed by atoms with Gasteiger partial charge in [-0.15, -0.1) is 0 Å². The summed E-state index contributed by atoms with van der Waals surface area (Å²) in [5.74, 6) is 1.04. The lowest BCUT2D eigenvalue weighted by Gasteiger charge is -2.27. The molecule has 0 amide bonds. The predicted octanol–water partition coefficient (Wildman–Crippen LogP) is 2.03. The van der Waals surface area contributed by atoms with Gasteiger partial charge >= 0.3 is 0 Å². The molecule has 0 N–H and O–H groups in total. The van der Waals surface area contributed by atoms with Crippen LogP contribution in [0.25, 0.3) is 5.65 Å². The van der Waals surface area contributed by atoms with Gasteiger partial charge in [0.25, 0.3) is 0 Å². The van der Waals surface area contributed by atoms with Gasteiger partial charge in [-0.1, -0.05) is 0 Å². The van der Waals surface area contributed by atoms with Crippen molar-refractivity contribution in [2.75, 3.05) is 18.0 Å². The van der Waals surface area contributed by atoms with Gasteiger partial charge in [-0.3, -0.25) is 4.40 Å². The van der Waals surface area contributed by atoms with Crippen LogP contribution in [0.2, 0.25) is 0 Å². The van der Waals surface area contributed by atoms with Gasteiger partial charge < -0.3 is 4.90 Å². The molecule has 0 bridgehead atoms. The number of anilines is 1. The molecule has 0 spiro atoms. The third-order valence-corrected chi connectivity index (χ3v) is 3.25. The Morgan fingerprint density at radius 2 is 1.94 bits per heavy atom. The number of nitrogens with zero attached hydrogens (tertiary/aromatic N) is 4. The molecule has 4 nitrogen and oxygen atoms in total. The van der Waals surface area contributed by atoms with Crippen LogP contribution in [0.15, 0.2) is 18.6 Å². The zero-order chi connectivity index (χ0) is 11.0. The minimum atomic E-state index is 0.988. The molecule has 1 fully saturated rings. The molecule has 3 rings (SSSR count). The Balaban J connectivity index is 2.08. The van der Waals surface area contributed by atoms with Gasteiger partial charge in [0.2, 0.25) is 0 Å². The predicted molar refractivity (Wildman–Crippen MR) is 63.8 cm³/mol. The Bertz CT molecular complexity index is 497. The summed E-state index contributed by atoms with van der Waals surface area (Å²) in [5.41, 5.74) is 2.15. The zero-order valence-corrected chi connectivity index (χ0v) is 9.56. The Kier molecular flexibility index (Phi) is 2.27. The minimum absolute atomic E-state index is 0.988. The van der Waals surface area contributed by atoms with E-state index in [1.807, 2.05) is 18.6 Å². The van der Waals surface area contributed by atoms with Crippen molar-refractivity contribution in [1.29, 1.82) is 0 Å². The zero-order valence-electron chi connectivity index (χ0n) is 9.56. The third kappa shape index (κ3) is 1.45. The van der Waals surface area contributed by atoms with Crippen LogP contribution < -0.4 is 4.90 Å². The van der Waals surface area contributed by atoms with Gasteiger partial charge in [0, 0.05) is 37.4 Å². The first kappa shape index (κ1) is 9.63. The van der Waals surface area contributed by atoms with Gasteiger partial charge in [0.05, 0.1) is 0 Å². The average Bonchev–Trinajstić information content (AvgIpc) is 2.73. The first-order chi connectivity index (χ1) is 7.86. The Hall–Kier alpha value is -1.58. The van der Waals surface area contributed by atoms with Crippen LogP contribution in [0.4, 0.5) is 5.82 Å². The molecule has 0 atom stereocenters. The maximum absolute atomic E-state index is 4.49. The fraction of sp³-hybridized carbons (Fsp3) is 0.500. The molecule has 1 aliphatic heterocycles. The van der Waals surface area contributed by atoms with Crippen molar-refractivity contribution in [1.82, 2.24) is 14.4 Å². The van der Waals surface area contributed by atoms with E-state index in [1.165, 1.54) is 19.3 Å². The summed E-state index contributed by atoms with van der Waals surface area (Å²) in [7, 11) is 0. The second-order valence-electron chi connectivity index (χ2n) is 4.39. The molecule has 1 saturated heterocycles. The molecule has 0 saturated carbocycles. The van der Waals surface area contributed by atoms with Crippen LogP contribution in [0.1, 0.15) is 25.0 Å². The highest BCUT2D eigenvalue weighted by Crippen LogP contribution is 2.21. The highest BCUT2D eigenvalue weighted by atomic mass is 15.2. The quantitative estimate of drug-likeness (QED) is 0.731. The molecule has 0 aromatic carbocycles. The highest BCUT2D eigenvalue weighted by Gasteiger charge is 2.16. The lowest BCUT2D eigenvalue weighted by atomic mass is 10.1. The summed E-state index contributed by atoms with van der Waals surface area (Å²) < 4.78 is 2.11. The number of piperidine rings is 1. The molecule has 0 aliphatic carbocycles. The Morgan fingerprint density at radius 1 is 1.12 bits per heavy atom. The molecule has 16 heavy (non-hydrogen) atoms. The summed E-state index contributed by atoms with van der Waals surface area (Å²) in [6.45, 7) is 4.29. The summed E-state index contributed by atoms with van der Waals surface area (Å²) in [5, 5.41) is 0.